The zero-order chi connectivity index (χ0) is 16.0. The number of hydrogen-bond donors (Lipinski definition) is 2. The first kappa shape index (κ1) is 16.7. The summed E-state index contributed by atoms with van der Waals surface area (Å²) >= 11 is 0. The lowest BCUT2D eigenvalue weighted by atomic mass is 9.93. The first-order valence-corrected chi connectivity index (χ1v) is 9.07. The van der Waals surface area contributed by atoms with Crippen molar-refractivity contribution in [3.05, 3.63) is 36.4 Å². The molecule has 0 bridgehead atoms. The molecule has 1 aliphatic carbocycles. The van der Waals surface area contributed by atoms with E-state index in [9.17, 15) is 13.2 Å². The van der Waals surface area contributed by atoms with Crippen molar-refractivity contribution >= 4 is 21.6 Å². The number of nitrogens with one attached hydrogen (secondary N) is 2. The SMILES string of the molecule is CCCNS(=O)(=O)c1ccc(NC(=O)C2CC=CCC2)cc1. The number of carbonyl (C=O) groups is 1. The molecule has 120 valence electrons. The van der Waals surface area contributed by atoms with Crippen LogP contribution in [0.25, 0.3) is 0 Å². The van der Waals surface area contributed by atoms with Gasteiger partial charge in [0.25, 0.3) is 0 Å². The Morgan fingerprint density at radius 1 is 1.23 bits per heavy atom. The molecule has 1 aromatic carbocycles. The van der Waals surface area contributed by atoms with Crippen LogP contribution < -0.4 is 10.0 Å². The third-order valence-electron chi connectivity index (χ3n) is 3.61. The van der Waals surface area contributed by atoms with E-state index in [0.717, 1.165) is 25.7 Å². The fraction of sp³-hybridized carbons (Fsp3) is 0.438. The van der Waals surface area contributed by atoms with Gasteiger partial charge in [0.2, 0.25) is 15.9 Å². The van der Waals surface area contributed by atoms with Gasteiger partial charge < -0.3 is 5.32 Å². The molecule has 0 fully saturated rings. The number of allylic oxidation sites excluding steroid dienone is 2. The molecule has 2 rings (SSSR count). The van der Waals surface area contributed by atoms with Gasteiger partial charge in [-0.25, -0.2) is 13.1 Å². The fourth-order valence-electron chi connectivity index (χ4n) is 2.31. The molecule has 1 amide bonds. The number of rotatable bonds is 6. The average Bonchev–Trinajstić information content (AvgIpc) is 2.54. The largest absolute Gasteiger partial charge is 0.326 e. The molecular formula is C16H22N2O3S. The van der Waals surface area contributed by atoms with E-state index in [0.29, 0.717) is 12.2 Å². The van der Waals surface area contributed by atoms with Gasteiger partial charge in [-0.15, -0.1) is 0 Å². The van der Waals surface area contributed by atoms with Gasteiger partial charge in [0.05, 0.1) is 4.90 Å². The Kier molecular flexibility index (Phi) is 5.74. The van der Waals surface area contributed by atoms with E-state index in [-0.39, 0.29) is 16.7 Å². The summed E-state index contributed by atoms with van der Waals surface area (Å²) in [6.45, 7) is 2.32. The highest BCUT2D eigenvalue weighted by Crippen LogP contribution is 2.21. The molecule has 0 heterocycles. The number of anilines is 1. The Balaban J connectivity index is 1.99. The summed E-state index contributed by atoms with van der Waals surface area (Å²) in [5.41, 5.74) is 0.619. The lowest BCUT2D eigenvalue weighted by Crippen LogP contribution is -2.25. The van der Waals surface area contributed by atoms with Crippen LogP contribution in [-0.2, 0) is 14.8 Å². The highest BCUT2D eigenvalue weighted by molar-refractivity contribution is 7.89. The minimum absolute atomic E-state index is 0.000343. The predicted octanol–water partition coefficient (Wildman–Crippen LogP) is 2.67. The van der Waals surface area contributed by atoms with Crippen LogP contribution in [0.2, 0.25) is 0 Å². The first-order chi connectivity index (χ1) is 10.5. The van der Waals surface area contributed by atoms with Crippen LogP contribution in [0.1, 0.15) is 32.6 Å². The number of amides is 1. The van der Waals surface area contributed by atoms with Gasteiger partial charge in [-0.3, -0.25) is 4.79 Å². The molecule has 6 heteroatoms. The minimum Gasteiger partial charge on any atom is -0.326 e. The Morgan fingerprint density at radius 2 is 1.95 bits per heavy atom. The van der Waals surface area contributed by atoms with Gasteiger partial charge in [0, 0.05) is 18.2 Å². The van der Waals surface area contributed by atoms with E-state index in [1.807, 2.05) is 13.0 Å². The van der Waals surface area contributed by atoms with Gasteiger partial charge in [0.15, 0.2) is 0 Å². The fourth-order valence-corrected chi connectivity index (χ4v) is 3.45. The Labute approximate surface area is 131 Å². The molecule has 22 heavy (non-hydrogen) atoms. The molecule has 0 radical (unpaired) electrons. The van der Waals surface area contributed by atoms with Crippen LogP contribution in [0.15, 0.2) is 41.3 Å². The first-order valence-electron chi connectivity index (χ1n) is 7.58. The molecule has 1 aliphatic rings. The van der Waals surface area contributed by atoms with Crippen molar-refractivity contribution < 1.29 is 13.2 Å². The maximum Gasteiger partial charge on any atom is 0.240 e. The minimum atomic E-state index is -3.46. The van der Waals surface area contributed by atoms with Gasteiger partial charge in [-0.2, -0.15) is 0 Å². The van der Waals surface area contributed by atoms with Gasteiger partial charge in [-0.05, 0) is 49.9 Å². The summed E-state index contributed by atoms with van der Waals surface area (Å²) in [6.07, 6.45) is 7.41. The summed E-state index contributed by atoms with van der Waals surface area (Å²) < 4.78 is 26.4. The molecule has 1 aromatic rings. The van der Waals surface area contributed by atoms with E-state index < -0.39 is 10.0 Å². The summed E-state index contributed by atoms with van der Waals surface area (Å²) in [5, 5.41) is 2.85. The summed E-state index contributed by atoms with van der Waals surface area (Å²) in [4.78, 5) is 12.3. The van der Waals surface area contributed by atoms with E-state index >= 15 is 0 Å². The second-order valence-corrected chi connectivity index (χ2v) is 7.16. The molecule has 5 nitrogen and oxygen atoms in total. The highest BCUT2D eigenvalue weighted by Gasteiger charge is 2.19. The average molecular weight is 322 g/mol. The van der Waals surface area contributed by atoms with Crippen molar-refractivity contribution in [2.75, 3.05) is 11.9 Å². The summed E-state index contributed by atoms with van der Waals surface area (Å²) in [7, 11) is -3.46. The molecule has 0 aromatic heterocycles. The molecule has 1 unspecified atom stereocenters. The predicted molar refractivity (Wildman–Crippen MR) is 87.0 cm³/mol. The quantitative estimate of drug-likeness (QED) is 0.791. The second-order valence-electron chi connectivity index (χ2n) is 5.39. The second kappa shape index (κ2) is 7.56. The van der Waals surface area contributed by atoms with Crippen LogP contribution in [-0.4, -0.2) is 20.9 Å². The van der Waals surface area contributed by atoms with E-state index in [1.165, 1.54) is 12.1 Å². The number of carbonyl (C=O) groups excluding carboxylic acids is 1. The normalized spacial score (nSPS) is 18.1. The van der Waals surface area contributed by atoms with E-state index in [1.54, 1.807) is 12.1 Å². The maximum absolute atomic E-state index is 12.1. The van der Waals surface area contributed by atoms with Crippen molar-refractivity contribution in [1.29, 1.82) is 0 Å². The van der Waals surface area contributed by atoms with Crippen LogP contribution in [0.5, 0.6) is 0 Å². The molecule has 0 saturated heterocycles. The molecule has 1 atom stereocenters. The number of benzene rings is 1. The Morgan fingerprint density at radius 3 is 2.55 bits per heavy atom. The molecule has 0 aliphatic heterocycles. The lowest BCUT2D eigenvalue weighted by molar-refractivity contribution is -0.120. The number of hydrogen-bond acceptors (Lipinski definition) is 3. The van der Waals surface area contributed by atoms with Gasteiger partial charge in [0.1, 0.15) is 0 Å². The van der Waals surface area contributed by atoms with Crippen LogP contribution in [0.3, 0.4) is 0 Å². The van der Waals surface area contributed by atoms with Gasteiger partial charge >= 0.3 is 0 Å². The highest BCUT2D eigenvalue weighted by atomic mass is 32.2. The maximum atomic E-state index is 12.1. The summed E-state index contributed by atoms with van der Waals surface area (Å²) in [5.74, 6) is -0.0105. The van der Waals surface area contributed by atoms with Gasteiger partial charge in [-0.1, -0.05) is 19.1 Å². The van der Waals surface area contributed by atoms with Crippen LogP contribution >= 0.6 is 0 Å². The standard InChI is InChI=1S/C16H22N2O3S/c1-2-12-17-22(20,21)15-10-8-14(9-11-15)18-16(19)13-6-4-3-5-7-13/h3-4,8-11,13,17H,2,5-7,12H2,1H3,(H,18,19). The van der Waals surface area contributed by atoms with Crippen LogP contribution in [0.4, 0.5) is 5.69 Å². The van der Waals surface area contributed by atoms with Crippen molar-refractivity contribution in [2.24, 2.45) is 5.92 Å². The lowest BCUT2D eigenvalue weighted by Gasteiger charge is -2.17. The smallest absolute Gasteiger partial charge is 0.240 e. The Bertz CT molecular complexity index is 636. The van der Waals surface area contributed by atoms with Crippen molar-refractivity contribution in [3.8, 4) is 0 Å². The third-order valence-corrected chi connectivity index (χ3v) is 5.09. The molecule has 0 saturated carbocycles. The van der Waals surface area contributed by atoms with Crippen molar-refractivity contribution in [3.63, 3.8) is 0 Å². The van der Waals surface area contributed by atoms with Crippen LogP contribution in [0, 0.1) is 5.92 Å². The number of sulfonamides is 1. The van der Waals surface area contributed by atoms with Crippen molar-refractivity contribution in [2.45, 2.75) is 37.5 Å². The summed E-state index contributed by atoms with van der Waals surface area (Å²) in [6, 6.07) is 6.26. The van der Waals surface area contributed by atoms with E-state index in [4.69, 9.17) is 0 Å². The Hall–Kier alpha value is -1.66. The van der Waals surface area contributed by atoms with E-state index in [2.05, 4.69) is 16.1 Å². The third kappa shape index (κ3) is 4.42. The zero-order valence-corrected chi connectivity index (χ0v) is 13.5. The molecule has 2 N–H and O–H groups in total. The molecule has 0 spiro atoms. The molecular weight excluding hydrogens is 300 g/mol. The van der Waals surface area contributed by atoms with Crippen molar-refractivity contribution in [1.82, 2.24) is 4.72 Å². The zero-order valence-electron chi connectivity index (χ0n) is 12.7. The topological polar surface area (TPSA) is 75.3 Å². The monoisotopic (exact) mass is 322 g/mol.